The fraction of sp³-hybridized carbons (Fsp3) is 0.381. The first kappa shape index (κ1) is 20.2. The van der Waals surface area contributed by atoms with Gasteiger partial charge in [-0.3, -0.25) is 4.79 Å². The summed E-state index contributed by atoms with van der Waals surface area (Å²) in [7, 11) is 0. The molecule has 1 saturated carbocycles. The van der Waals surface area contributed by atoms with E-state index in [9.17, 15) is 18.0 Å². The SMILES string of the molecule is O=C(CCC1CCCC1)Nc1nn2cccnc2c1-c1ccc(OC(F)(F)F)cc1. The van der Waals surface area contributed by atoms with Crippen molar-refractivity contribution < 1.29 is 22.7 Å². The highest BCUT2D eigenvalue weighted by Gasteiger charge is 2.31. The molecule has 2 heterocycles. The third kappa shape index (κ3) is 4.72. The molecule has 0 unspecified atom stereocenters. The summed E-state index contributed by atoms with van der Waals surface area (Å²) in [5, 5.41) is 7.25. The lowest BCUT2D eigenvalue weighted by atomic mass is 10.0. The highest BCUT2D eigenvalue weighted by atomic mass is 19.4. The Kier molecular flexibility index (Phi) is 5.61. The highest BCUT2D eigenvalue weighted by molar-refractivity contribution is 5.97. The monoisotopic (exact) mass is 418 g/mol. The Labute approximate surface area is 171 Å². The van der Waals surface area contributed by atoms with Gasteiger partial charge in [0, 0.05) is 18.8 Å². The van der Waals surface area contributed by atoms with E-state index >= 15 is 0 Å². The van der Waals surface area contributed by atoms with Crippen molar-refractivity contribution in [2.24, 2.45) is 5.92 Å². The van der Waals surface area contributed by atoms with Crippen LogP contribution in [0.15, 0.2) is 42.7 Å². The zero-order valence-corrected chi connectivity index (χ0v) is 16.2. The number of fused-ring (bicyclic) bond motifs is 1. The molecule has 6 nitrogen and oxygen atoms in total. The number of ether oxygens (including phenoxy) is 1. The van der Waals surface area contributed by atoms with Crippen molar-refractivity contribution in [2.75, 3.05) is 5.32 Å². The quantitative estimate of drug-likeness (QED) is 0.597. The van der Waals surface area contributed by atoms with Gasteiger partial charge in [-0.05, 0) is 36.1 Å². The first-order valence-electron chi connectivity index (χ1n) is 9.88. The van der Waals surface area contributed by atoms with Crippen molar-refractivity contribution in [1.29, 1.82) is 0 Å². The van der Waals surface area contributed by atoms with Crippen LogP contribution in [-0.4, -0.2) is 26.9 Å². The number of hydrogen-bond donors (Lipinski definition) is 1. The predicted octanol–water partition coefficient (Wildman–Crippen LogP) is 5.20. The molecule has 0 atom stereocenters. The fourth-order valence-electron chi connectivity index (χ4n) is 3.89. The minimum absolute atomic E-state index is 0.136. The number of aromatic nitrogens is 3. The van der Waals surface area contributed by atoms with Gasteiger partial charge in [0.05, 0.1) is 5.56 Å². The van der Waals surface area contributed by atoms with Gasteiger partial charge in [-0.1, -0.05) is 37.8 Å². The van der Waals surface area contributed by atoms with Crippen LogP contribution in [0, 0.1) is 5.92 Å². The number of halogens is 3. The molecule has 4 rings (SSSR count). The summed E-state index contributed by atoms with van der Waals surface area (Å²) in [5.74, 6) is 0.468. The van der Waals surface area contributed by atoms with Crippen LogP contribution in [0.2, 0.25) is 0 Å². The van der Waals surface area contributed by atoms with Crippen LogP contribution >= 0.6 is 0 Å². The molecule has 1 aliphatic rings. The topological polar surface area (TPSA) is 68.5 Å². The van der Waals surface area contributed by atoms with Gasteiger partial charge in [0.1, 0.15) is 5.75 Å². The molecule has 30 heavy (non-hydrogen) atoms. The second-order valence-electron chi connectivity index (χ2n) is 7.42. The standard InChI is InChI=1S/C21H21F3N4O2/c22-21(23,24)30-16-9-7-15(8-10-16)18-19(27-28-13-3-12-25-20(18)28)26-17(29)11-6-14-4-1-2-5-14/h3,7-10,12-14H,1-2,4-6,11H2,(H,26,27,29). The molecule has 0 spiro atoms. The Hall–Kier alpha value is -3.10. The Bertz CT molecular complexity index is 1020. The van der Waals surface area contributed by atoms with Crippen molar-refractivity contribution in [3.8, 4) is 16.9 Å². The number of alkyl halides is 3. The molecule has 3 aromatic rings. The molecule has 1 aliphatic carbocycles. The van der Waals surface area contributed by atoms with Crippen LogP contribution in [0.4, 0.5) is 19.0 Å². The maximum atomic E-state index is 12.5. The molecule has 1 fully saturated rings. The zero-order valence-electron chi connectivity index (χ0n) is 16.2. The Morgan fingerprint density at radius 1 is 1.20 bits per heavy atom. The maximum absolute atomic E-state index is 12.5. The molecule has 1 N–H and O–H groups in total. The highest BCUT2D eigenvalue weighted by Crippen LogP contribution is 2.34. The van der Waals surface area contributed by atoms with Gasteiger partial charge in [-0.15, -0.1) is 18.3 Å². The van der Waals surface area contributed by atoms with E-state index in [0.29, 0.717) is 34.9 Å². The molecule has 0 saturated heterocycles. The van der Waals surface area contributed by atoms with Crippen LogP contribution in [0.5, 0.6) is 5.75 Å². The Morgan fingerprint density at radius 3 is 2.63 bits per heavy atom. The first-order valence-corrected chi connectivity index (χ1v) is 9.88. The molecular formula is C21H21F3N4O2. The van der Waals surface area contributed by atoms with Gasteiger partial charge in [0.15, 0.2) is 11.5 Å². The molecule has 9 heteroatoms. The second kappa shape index (κ2) is 8.33. The van der Waals surface area contributed by atoms with E-state index in [1.54, 1.807) is 18.5 Å². The molecular weight excluding hydrogens is 397 g/mol. The van der Waals surface area contributed by atoms with E-state index in [0.717, 1.165) is 6.42 Å². The molecule has 1 aromatic carbocycles. The normalized spacial score (nSPS) is 14.9. The molecule has 0 radical (unpaired) electrons. The molecule has 2 aromatic heterocycles. The van der Waals surface area contributed by atoms with Crippen molar-refractivity contribution in [3.05, 3.63) is 42.7 Å². The lowest BCUT2D eigenvalue weighted by Gasteiger charge is -2.10. The van der Waals surface area contributed by atoms with E-state index in [4.69, 9.17) is 0 Å². The minimum atomic E-state index is -4.76. The van der Waals surface area contributed by atoms with Gasteiger partial charge >= 0.3 is 6.36 Å². The molecule has 0 aliphatic heterocycles. The van der Waals surface area contributed by atoms with Gasteiger partial charge in [0.25, 0.3) is 0 Å². The van der Waals surface area contributed by atoms with Crippen LogP contribution in [0.25, 0.3) is 16.8 Å². The number of carbonyl (C=O) groups excluding carboxylic acids is 1. The van der Waals surface area contributed by atoms with Crippen LogP contribution in [-0.2, 0) is 4.79 Å². The van der Waals surface area contributed by atoms with Crippen molar-refractivity contribution in [2.45, 2.75) is 44.9 Å². The van der Waals surface area contributed by atoms with Gasteiger partial charge in [-0.2, -0.15) is 0 Å². The van der Waals surface area contributed by atoms with Gasteiger partial charge < -0.3 is 10.1 Å². The number of nitrogens with one attached hydrogen (secondary N) is 1. The van der Waals surface area contributed by atoms with E-state index < -0.39 is 6.36 Å². The summed E-state index contributed by atoms with van der Waals surface area (Å²) in [6, 6.07) is 7.12. The molecule has 0 bridgehead atoms. The van der Waals surface area contributed by atoms with Crippen LogP contribution in [0.3, 0.4) is 0 Å². The maximum Gasteiger partial charge on any atom is 0.573 e. The summed E-state index contributed by atoms with van der Waals surface area (Å²) in [4.78, 5) is 16.8. The lowest BCUT2D eigenvalue weighted by molar-refractivity contribution is -0.274. The van der Waals surface area contributed by atoms with Crippen molar-refractivity contribution in [1.82, 2.24) is 14.6 Å². The van der Waals surface area contributed by atoms with Crippen molar-refractivity contribution in [3.63, 3.8) is 0 Å². The largest absolute Gasteiger partial charge is 0.573 e. The van der Waals surface area contributed by atoms with E-state index in [1.807, 2.05) is 0 Å². The number of anilines is 1. The average Bonchev–Trinajstić information content (AvgIpc) is 3.33. The average molecular weight is 418 g/mol. The van der Waals surface area contributed by atoms with Crippen LogP contribution in [0.1, 0.15) is 38.5 Å². The number of benzene rings is 1. The summed E-state index contributed by atoms with van der Waals surface area (Å²) >= 11 is 0. The van der Waals surface area contributed by atoms with E-state index in [-0.39, 0.29) is 11.7 Å². The fourth-order valence-corrected chi connectivity index (χ4v) is 3.89. The first-order chi connectivity index (χ1) is 14.4. The molecule has 1 amide bonds. The van der Waals surface area contributed by atoms with Crippen LogP contribution < -0.4 is 10.1 Å². The summed E-state index contributed by atoms with van der Waals surface area (Å²) in [6.07, 6.45) is 4.57. The second-order valence-corrected chi connectivity index (χ2v) is 7.42. The number of rotatable bonds is 6. The Morgan fingerprint density at radius 2 is 1.93 bits per heavy atom. The Balaban J connectivity index is 1.58. The number of amides is 1. The summed E-state index contributed by atoms with van der Waals surface area (Å²) in [6.45, 7) is 0. The summed E-state index contributed by atoms with van der Waals surface area (Å²) < 4.78 is 42.7. The van der Waals surface area contributed by atoms with Gasteiger partial charge in [-0.25, -0.2) is 9.50 Å². The van der Waals surface area contributed by atoms with E-state index in [2.05, 4.69) is 20.1 Å². The number of nitrogens with zero attached hydrogens (tertiary/aromatic N) is 3. The number of hydrogen-bond acceptors (Lipinski definition) is 4. The minimum Gasteiger partial charge on any atom is -0.406 e. The smallest absolute Gasteiger partial charge is 0.406 e. The third-order valence-electron chi connectivity index (χ3n) is 5.28. The lowest BCUT2D eigenvalue weighted by Crippen LogP contribution is -2.17. The van der Waals surface area contributed by atoms with E-state index in [1.165, 1.54) is 54.5 Å². The molecule has 158 valence electrons. The summed E-state index contributed by atoms with van der Waals surface area (Å²) in [5.41, 5.74) is 1.61. The number of carbonyl (C=O) groups is 1. The third-order valence-corrected chi connectivity index (χ3v) is 5.28. The van der Waals surface area contributed by atoms with Crippen molar-refractivity contribution >= 4 is 17.4 Å². The zero-order chi connectivity index (χ0) is 21.1. The predicted molar refractivity (Wildman–Crippen MR) is 105 cm³/mol. The van der Waals surface area contributed by atoms with Gasteiger partial charge in [0.2, 0.25) is 5.91 Å².